The number of benzene rings is 1. The van der Waals surface area contributed by atoms with Crippen molar-refractivity contribution in [1.82, 2.24) is 10.2 Å². The van der Waals surface area contributed by atoms with E-state index in [0.29, 0.717) is 6.54 Å². The van der Waals surface area contributed by atoms with Crippen molar-refractivity contribution in [2.75, 3.05) is 26.2 Å². The molecule has 0 bridgehead atoms. The summed E-state index contributed by atoms with van der Waals surface area (Å²) in [5, 5.41) is 13.4. The molecule has 2 rings (SSSR count). The van der Waals surface area contributed by atoms with Gasteiger partial charge in [0.1, 0.15) is 18.5 Å². The smallest absolute Gasteiger partial charge is 0.239 e. The maximum atomic E-state index is 12.7. The molecule has 1 saturated heterocycles. The van der Waals surface area contributed by atoms with E-state index < -0.39 is 6.10 Å². The number of carbonyl (C=O) groups is 1. The lowest BCUT2D eigenvalue weighted by molar-refractivity contribution is -0.133. The van der Waals surface area contributed by atoms with Crippen LogP contribution in [0.4, 0.5) is 0 Å². The third-order valence-corrected chi connectivity index (χ3v) is 4.66. The van der Waals surface area contributed by atoms with Crippen LogP contribution >= 0.6 is 0 Å². The monoisotopic (exact) mass is 334 g/mol. The summed E-state index contributed by atoms with van der Waals surface area (Å²) in [4.78, 5) is 14.6. The van der Waals surface area contributed by atoms with Crippen molar-refractivity contribution in [3.8, 4) is 5.75 Å². The highest BCUT2D eigenvalue weighted by Crippen LogP contribution is 2.15. The van der Waals surface area contributed by atoms with Crippen molar-refractivity contribution in [2.24, 2.45) is 5.92 Å². The Morgan fingerprint density at radius 3 is 2.58 bits per heavy atom. The lowest BCUT2D eigenvalue weighted by Gasteiger charge is -2.29. The molecule has 5 nitrogen and oxygen atoms in total. The van der Waals surface area contributed by atoms with Crippen LogP contribution in [0.25, 0.3) is 0 Å². The third-order valence-electron chi connectivity index (χ3n) is 4.66. The predicted molar refractivity (Wildman–Crippen MR) is 95.0 cm³/mol. The topological polar surface area (TPSA) is 61.8 Å². The average Bonchev–Trinajstić information content (AvgIpc) is 3.15. The molecule has 1 aliphatic rings. The highest BCUT2D eigenvalue weighted by Gasteiger charge is 2.29. The van der Waals surface area contributed by atoms with Crippen LogP contribution in [0.5, 0.6) is 5.75 Å². The normalized spacial score (nSPS) is 18.2. The number of hydrogen-bond acceptors (Lipinski definition) is 4. The number of amides is 1. The van der Waals surface area contributed by atoms with Crippen molar-refractivity contribution in [2.45, 2.75) is 45.3 Å². The van der Waals surface area contributed by atoms with Crippen LogP contribution in [0, 0.1) is 5.92 Å². The van der Waals surface area contributed by atoms with E-state index in [1.54, 1.807) is 0 Å². The third kappa shape index (κ3) is 5.49. The second kappa shape index (κ2) is 9.64. The summed E-state index contributed by atoms with van der Waals surface area (Å²) in [5.41, 5.74) is 0. The summed E-state index contributed by atoms with van der Waals surface area (Å²) in [6, 6.07) is 9.20. The van der Waals surface area contributed by atoms with Crippen LogP contribution in [0.1, 0.15) is 33.1 Å². The van der Waals surface area contributed by atoms with Gasteiger partial charge in [-0.1, -0.05) is 38.5 Å². The van der Waals surface area contributed by atoms with Gasteiger partial charge < -0.3 is 20.1 Å². The van der Waals surface area contributed by atoms with Crippen LogP contribution in [-0.4, -0.2) is 54.3 Å². The molecule has 1 amide bonds. The number of nitrogens with one attached hydrogen (secondary N) is 1. The zero-order valence-electron chi connectivity index (χ0n) is 14.8. The van der Waals surface area contributed by atoms with Crippen molar-refractivity contribution in [3.05, 3.63) is 30.3 Å². The average molecular weight is 334 g/mol. The molecule has 3 atom stereocenters. The van der Waals surface area contributed by atoms with Gasteiger partial charge in [-0.15, -0.1) is 0 Å². The van der Waals surface area contributed by atoms with Crippen LogP contribution < -0.4 is 10.1 Å². The number of aliphatic hydroxyl groups excluding tert-OH is 1. The van der Waals surface area contributed by atoms with Gasteiger partial charge in [-0.05, 0) is 30.9 Å². The summed E-state index contributed by atoms with van der Waals surface area (Å²) in [6.45, 7) is 6.44. The van der Waals surface area contributed by atoms with Crippen molar-refractivity contribution >= 4 is 5.91 Å². The zero-order valence-corrected chi connectivity index (χ0v) is 14.8. The maximum Gasteiger partial charge on any atom is 0.239 e. The largest absolute Gasteiger partial charge is 0.491 e. The fraction of sp³-hybridized carbons (Fsp3) is 0.632. The molecule has 1 heterocycles. The molecule has 1 aromatic rings. The summed E-state index contributed by atoms with van der Waals surface area (Å²) >= 11 is 0. The van der Waals surface area contributed by atoms with E-state index in [4.69, 9.17) is 4.74 Å². The van der Waals surface area contributed by atoms with Crippen molar-refractivity contribution in [1.29, 1.82) is 0 Å². The molecule has 0 spiro atoms. The summed E-state index contributed by atoms with van der Waals surface area (Å²) in [7, 11) is 0. The van der Waals surface area contributed by atoms with Gasteiger partial charge in [0.25, 0.3) is 0 Å². The molecule has 1 fully saturated rings. The fourth-order valence-electron chi connectivity index (χ4n) is 2.93. The van der Waals surface area contributed by atoms with Crippen LogP contribution in [-0.2, 0) is 4.79 Å². The molecular formula is C19H30N2O3. The van der Waals surface area contributed by atoms with Crippen LogP contribution in [0.2, 0.25) is 0 Å². The number of likely N-dealkylation sites (tertiary alicyclic amines) is 1. The van der Waals surface area contributed by atoms with E-state index in [-0.39, 0.29) is 24.5 Å². The Balaban J connectivity index is 1.81. The molecule has 24 heavy (non-hydrogen) atoms. The van der Waals surface area contributed by atoms with E-state index in [0.717, 1.165) is 38.1 Å². The second-order valence-electron chi connectivity index (χ2n) is 6.58. The van der Waals surface area contributed by atoms with E-state index in [9.17, 15) is 9.90 Å². The van der Waals surface area contributed by atoms with Crippen LogP contribution in [0.15, 0.2) is 30.3 Å². The first-order valence-corrected chi connectivity index (χ1v) is 9.00. The minimum atomic E-state index is -0.650. The lowest BCUT2D eigenvalue weighted by Crippen LogP contribution is -2.51. The fourth-order valence-corrected chi connectivity index (χ4v) is 2.93. The molecule has 0 radical (unpaired) electrons. The molecule has 134 valence electrons. The van der Waals surface area contributed by atoms with E-state index >= 15 is 0 Å². The number of nitrogens with zero attached hydrogens (tertiary/aromatic N) is 1. The highest BCUT2D eigenvalue weighted by atomic mass is 16.5. The summed E-state index contributed by atoms with van der Waals surface area (Å²) < 4.78 is 5.56. The Kier molecular flexibility index (Phi) is 7.53. The summed E-state index contributed by atoms with van der Waals surface area (Å²) in [6.07, 6.45) is 2.45. The Labute approximate surface area is 145 Å². The van der Waals surface area contributed by atoms with E-state index in [2.05, 4.69) is 19.2 Å². The Hall–Kier alpha value is -1.59. The van der Waals surface area contributed by atoms with Crippen LogP contribution in [0.3, 0.4) is 0 Å². The first-order valence-electron chi connectivity index (χ1n) is 9.00. The molecule has 0 aromatic heterocycles. The lowest BCUT2D eigenvalue weighted by atomic mass is 9.97. The molecule has 0 aliphatic carbocycles. The Morgan fingerprint density at radius 1 is 1.29 bits per heavy atom. The van der Waals surface area contributed by atoms with Gasteiger partial charge in [0.05, 0.1) is 6.04 Å². The highest BCUT2D eigenvalue weighted by molar-refractivity contribution is 5.82. The van der Waals surface area contributed by atoms with Gasteiger partial charge in [0, 0.05) is 19.6 Å². The molecule has 1 aromatic carbocycles. The molecule has 3 unspecified atom stereocenters. The first kappa shape index (κ1) is 18.7. The minimum absolute atomic E-state index is 0.165. The SMILES string of the molecule is CCC(C)C(NCC(O)COc1ccccc1)C(=O)N1CCCC1. The predicted octanol–water partition coefficient (Wildman–Crippen LogP) is 2.05. The number of para-hydroxylation sites is 1. The first-order chi connectivity index (χ1) is 11.6. The quantitative estimate of drug-likeness (QED) is 0.726. The summed E-state index contributed by atoms with van der Waals surface area (Å²) in [5.74, 6) is 1.14. The molecular weight excluding hydrogens is 304 g/mol. The molecule has 0 saturated carbocycles. The van der Waals surface area contributed by atoms with Gasteiger partial charge in [0.2, 0.25) is 5.91 Å². The van der Waals surface area contributed by atoms with Gasteiger partial charge >= 0.3 is 0 Å². The van der Waals surface area contributed by atoms with Crippen molar-refractivity contribution in [3.63, 3.8) is 0 Å². The number of rotatable bonds is 9. The van der Waals surface area contributed by atoms with Gasteiger partial charge in [0.15, 0.2) is 0 Å². The number of aliphatic hydroxyl groups is 1. The van der Waals surface area contributed by atoms with Gasteiger partial charge in [-0.25, -0.2) is 0 Å². The number of ether oxygens (including phenoxy) is 1. The molecule has 5 heteroatoms. The standard InChI is InChI=1S/C19H30N2O3/c1-3-15(2)18(19(23)21-11-7-8-12-21)20-13-16(22)14-24-17-9-5-4-6-10-17/h4-6,9-10,15-16,18,20,22H,3,7-8,11-14H2,1-2H3. The zero-order chi connectivity index (χ0) is 17.4. The second-order valence-corrected chi connectivity index (χ2v) is 6.58. The van der Waals surface area contributed by atoms with Gasteiger partial charge in [-0.2, -0.15) is 0 Å². The van der Waals surface area contributed by atoms with Gasteiger partial charge in [-0.3, -0.25) is 4.79 Å². The van der Waals surface area contributed by atoms with E-state index in [1.165, 1.54) is 0 Å². The minimum Gasteiger partial charge on any atom is -0.491 e. The Morgan fingerprint density at radius 2 is 1.96 bits per heavy atom. The maximum absolute atomic E-state index is 12.7. The Bertz CT molecular complexity index is 489. The molecule has 2 N–H and O–H groups in total. The molecule has 1 aliphatic heterocycles. The van der Waals surface area contributed by atoms with Crippen molar-refractivity contribution < 1.29 is 14.6 Å². The number of carbonyl (C=O) groups excluding carboxylic acids is 1. The van der Waals surface area contributed by atoms with E-state index in [1.807, 2.05) is 35.2 Å². The number of hydrogen-bond donors (Lipinski definition) is 2.